The number of amides is 1. The lowest BCUT2D eigenvalue weighted by Crippen LogP contribution is -2.64. The summed E-state index contributed by atoms with van der Waals surface area (Å²) in [6.45, 7) is -0.247. The number of halogens is 4. The number of nitrogens with zero attached hydrogens (tertiary/aromatic N) is 4. The molecule has 3 fully saturated rings. The fourth-order valence-electron chi connectivity index (χ4n) is 4.64. The van der Waals surface area contributed by atoms with Crippen LogP contribution < -0.4 is 21.1 Å². The number of pyridine rings is 2. The number of nitrogens with two attached hydrogens (primary N) is 1. The molecule has 37 heavy (non-hydrogen) atoms. The number of nitrogens with one attached hydrogen (secondary N) is 2. The second-order valence-electron chi connectivity index (χ2n) is 9.13. The topological polar surface area (TPSA) is 128 Å². The first-order valence-corrected chi connectivity index (χ1v) is 11.7. The van der Waals surface area contributed by atoms with Crippen LogP contribution in [0, 0.1) is 11.8 Å². The van der Waals surface area contributed by atoms with E-state index < -0.39 is 47.8 Å². The molecule has 3 aliphatic rings. The number of aromatic nitrogens is 4. The van der Waals surface area contributed by atoms with Gasteiger partial charge in [0.25, 0.3) is 18.3 Å². The van der Waals surface area contributed by atoms with Crippen molar-refractivity contribution >= 4 is 11.7 Å². The number of hydrogen-bond donors (Lipinski definition) is 3. The molecule has 1 aliphatic carbocycles. The average Bonchev–Trinajstić information content (AvgIpc) is 2.90. The number of hydrogen-bond acceptors (Lipinski definition) is 8. The number of ether oxygens (including phenoxy) is 1. The predicted molar refractivity (Wildman–Crippen MR) is 125 cm³/mol. The summed E-state index contributed by atoms with van der Waals surface area (Å²) >= 11 is 0. The van der Waals surface area contributed by atoms with Gasteiger partial charge in [-0.3, -0.25) is 4.79 Å². The first kappa shape index (κ1) is 24.8. The van der Waals surface area contributed by atoms with Crippen LogP contribution in [0.1, 0.15) is 36.0 Å². The zero-order chi connectivity index (χ0) is 26.2. The summed E-state index contributed by atoms with van der Waals surface area (Å²) in [4.78, 5) is 28.9. The quantitative estimate of drug-likeness (QED) is 0.408. The first-order chi connectivity index (χ1) is 17.7. The largest absolute Gasteiger partial charge is 0.472 e. The van der Waals surface area contributed by atoms with Crippen molar-refractivity contribution in [3.63, 3.8) is 0 Å². The molecule has 0 spiro atoms. The van der Waals surface area contributed by atoms with E-state index in [4.69, 9.17) is 10.5 Å². The molecule has 4 N–H and O–H groups in total. The Morgan fingerprint density at radius 1 is 1.16 bits per heavy atom. The molecule has 9 nitrogen and oxygen atoms in total. The third kappa shape index (κ3) is 5.17. The lowest BCUT2D eigenvalue weighted by molar-refractivity contribution is 0.0783. The van der Waals surface area contributed by atoms with Crippen LogP contribution in [0.4, 0.5) is 23.4 Å². The van der Waals surface area contributed by atoms with Gasteiger partial charge >= 0.3 is 0 Å². The maximum absolute atomic E-state index is 15.7. The van der Waals surface area contributed by atoms with Crippen LogP contribution in [0.25, 0.3) is 22.6 Å². The highest BCUT2D eigenvalue weighted by Gasteiger charge is 2.41. The SMILES string of the molecule is Nc1ncc(-c2nc(-c3ccc(OCC(F)F)nc3)cc(C(=O)NC34CCC(CC3)NC4)c2F)nc1F. The summed E-state index contributed by atoms with van der Waals surface area (Å²) in [6.07, 6.45) is 3.01. The zero-order valence-corrected chi connectivity index (χ0v) is 19.5. The molecule has 1 saturated carbocycles. The Morgan fingerprint density at radius 3 is 2.57 bits per heavy atom. The van der Waals surface area contributed by atoms with Gasteiger partial charge in [-0.15, -0.1) is 0 Å². The highest BCUT2D eigenvalue weighted by Crippen LogP contribution is 2.34. The number of carbonyl (C=O) groups excluding carboxylic acids is 1. The van der Waals surface area contributed by atoms with Crippen LogP contribution in [0.15, 0.2) is 30.6 Å². The van der Waals surface area contributed by atoms with Gasteiger partial charge < -0.3 is 21.1 Å². The number of anilines is 1. The van der Waals surface area contributed by atoms with Crippen LogP contribution in [0.3, 0.4) is 0 Å². The molecule has 2 bridgehead atoms. The zero-order valence-electron chi connectivity index (χ0n) is 19.5. The lowest BCUT2D eigenvalue weighted by atomic mass is 9.75. The number of nitrogen functional groups attached to an aromatic ring is 1. The maximum Gasteiger partial charge on any atom is 0.272 e. The van der Waals surface area contributed by atoms with E-state index in [0.717, 1.165) is 31.9 Å². The lowest BCUT2D eigenvalue weighted by Gasteiger charge is -2.47. The Morgan fingerprint density at radius 2 is 1.95 bits per heavy atom. The van der Waals surface area contributed by atoms with Crippen molar-refractivity contribution in [2.24, 2.45) is 0 Å². The van der Waals surface area contributed by atoms with Crippen molar-refractivity contribution in [3.05, 3.63) is 47.9 Å². The Balaban J connectivity index is 1.53. The number of rotatable bonds is 7. The second kappa shape index (κ2) is 9.88. The second-order valence-corrected chi connectivity index (χ2v) is 9.13. The van der Waals surface area contributed by atoms with E-state index in [2.05, 4.69) is 30.6 Å². The van der Waals surface area contributed by atoms with Gasteiger partial charge in [-0.1, -0.05) is 0 Å². The van der Waals surface area contributed by atoms with Gasteiger partial charge in [0.2, 0.25) is 5.88 Å². The standard InChI is InChI=1S/C24H23F4N7O2/c25-17(26)10-37-18-2-1-12(8-30-18)15-7-14(23(36)35-24-5-3-13(4-6-24)32-11-24)19(27)20(33-15)16-9-31-22(29)21(28)34-16/h1-2,7-9,13,17,32H,3-6,10-11H2,(H2,29,31)(H,35,36). The van der Waals surface area contributed by atoms with E-state index in [1.165, 1.54) is 24.4 Å². The van der Waals surface area contributed by atoms with Crippen LogP contribution in [0.5, 0.6) is 5.88 Å². The van der Waals surface area contributed by atoms with E-state index in [1.54, 1.807) is 0 Å². The molecular formula is C24H23F4N7O2. The summed E-state index contributed by atoms with van der Waals surface area (Å²) < 4.78 is 59.5. The summed E-state index contributed by atoms with van der Waals surface area (Å²) in [5.41, 5.74) is 4.37. The van der Waals surface area contributed by atoms with Crippen molar-refractivity contribution in [2.75, 3.05) is 18.9 Å². The van der Waals surface area contributed by atoms with Crippen molar-refractivity contribution in [1.82, 2.24) is 30.6 Å². The molecular weight excluding hydrogens is 494 g/mol. The molecule has 0 unspecified atom stereocenters. The molecule has 1 amide bonds. The van der Waals surface area contributed by atoms with Gasteiger partial charge in [0.05, 0.1) is 23.0 Å². The molecule has 194 valence electrons. The van der Waals surface area contributed by atoms with Crippen LogP contribution in [0.2, 0.25) is 0 Å². The molecule has 0 radical (unpaired) electrons. The molecule has 0 aromatic carbocycles. The minimum Gasteiger partial charge on any atom is -0.472 e. The Labute approximate surface area is 208 Å². The highest BCUT2D eigenvalue weighted by atomic mass is 19.3. The summed E-state index contributed by atoms with van der Waals surface area (Å²) in [5, 5.41) is 6.37. The Hall–Kier alpha value is -3.87. The van der Waals surface area contributed by atoms with Crippen LogP contribution >= 0.6 is 0 Å². The third-order valence-electron chi connectivity index (χ3n) is 6.64. The minimum absolute atomic E-state index is 0.0460. The molecule has 0 atom stereocenters. The molecule has 6 rings (SSSR count). The van der Waals surface area contributed by atoms with Gasteiger partial charge in [-0.05, 0) is 37.8 Å². The van der Waals surface area contributed by atoms with Crippen molar-refractivity contribution in [2.45, 2.75) is 43.7 Å². The van der Waals surface area contributed by atoms with E-state index in [9.17, 15) is 18.0 Å². The van der Waals surface area contributed by atoms with E-state index >= 15 is 4.39 Å². The maximum atomic E-state index is 15.7. The van der Waals surface area contributed by atoms with Crippen molar-refractivity contribution in [1.29, 1.82) is 0 Å². The van der Waals surface area contributed by atoms with E-state index in [1.807, 2.05) is 0 Å². The Kier molecular flexibility index (Phi) is 6.63. The fourth-order valence-corrected chi connectivity index (χ4v) is 4.64. The molecule has 3 aromatic rings. The van der Waals surface area contributed by atoms with Gasteiger partial charge in [-0.25, -0.2) is 33.1 Å². The van der Waals surface area contributed by atoms with Gasteiger partial charge in [0.1, 0.15) is 11.4 Å². The molecule has 13 heteroatoms. The minimum atomic E-state index is -2.67. The molecule has 2 saturated heterocycles. The number of carbonyl (C=O) groups is 1. The smallest absolute Gasteiger partial charge is 0.272 e. The first-order valence-electron chi connectivity index (χ1n) is 11.7. The number of piperidine rings is 2. The van der Waals surface area contributed by atoms with Gasteiger partial charge in [0, 0.05) is 30.4 Å². The monoisotopic (exact) mass is 517 g/mol. The van der Waals surface area contributed by atoms with E-state index in [0.29, 0.717) is 18.2 Å². The highest BCUT2D eigenvalue weighted by molar-refractivity contribution is 5.97. The molecule has 5 heterocycles. The van der Waals surface area contributed by atoms with Gasteiger partial charge in [-0.2, -0.15) is 4.39 Å². The van der Waals surface area contributed by atoms with E-state index in [-0.39, 0.29) is 22.8 Å². The predicted octanol–water partition coefficient (Wildman–Crippen LogP) is 3.12. The third-order valence-corrected chi connectivity index (χ3v) is 6.64. The van der Waals surface area contributed by atoms with Crippen molar-refractivity contribution < 1.29 is 27.1 Å². The normalized spacial score (nSPS) is 20.7. The molecule has 2 aliphatic heterocycles. The van der Waals surface area contributed by atoms with Crippen LogP contribution in [-0.4, -0.2) is 57.0 Å². The van der Waals surface area contributed by atoms with Crippen molar-refractivity contribution in [3.8, 4) is 28.5 Å². The van der Waals surface area contributed by atoms with Gasteiger partial charge in [0.15, 0.2) is 18.2 Å². The fraction of sp³-hybridized carbons (Fsp3) is 0.375. The summed E-state index contributed by atoms with van der Waals surface area (Å²) in [6, 6.07) is 4.49. The Bertz CT molecular complexity index is 1300. The number of alkyl halides is 2. The van der Waals surface area contributed by atoms with Crippen LogP contribution in [-0.2, 0) is 0 Å². The summed E-state index contributed by atoms with van der Waals surface area (Å²) in [7, 11) is 0. The molecule has 3 aromatic heterocycles. The average molecular weight is 517 g/mol. The number of fused-ring (bicyclic) bond motifs is 3. The summed E-state index contributed by atoms with van der Waals surface area (Å²) in [5.74, 6) is -3.28.